The van der Waals surface area contributed by atoms with Crippen LogP contribution >= 0.6 is 15.9 Å². The zero-order valence-electron chi connectivity index (χ0n) is 13.8. The van der Waals surface area contributed by atoms with Crippen molar-refractivity contribution in [3.8, 4) is 0 Å². The van der Waals surface area contributed by atoms with Crippen molar-refractivity contribution in [3.63, 3.8) is 0 Å². The molecule has 3 rings (SSSR count). The molecule has 5 nitrogen and oxygen atoms in total. The first-order chi connectivity index (χ1) is 12.3. The number of hydrogen-bond acceptors (Lipinski definition) is 3. The van der Waals surface area contributed by atoms with Crippen LogP contribution in [0.3, 0.4) is 0 Å². The van der Waals surface area contributed by atoms with Crippen LogP contribution in [0.25, 0.3) is 0 Å². The Morgan fingerprint density at radius 2 is 1.85 bits per heavy atom. The third-order valence-corrected chi connectivity index (χ3v) is 6.21. The maximum absolute atomic E-state index is 12.9. The lowest BCUT2D eigenvalue weighted by molar-refractivity contribution is 0.0953. The highest BCUT2D eigenvalue weighted by Gasteiger charge is 2.28. The van der Waals surface area contributed by atoms with E-state index in [1.54, 1.807) is 18.2 Å². The van der Waals surface area contributed by atoms with E-state index in [0.717, 1.165) is 18.4 Å². The Kier molecular flexibility index (Phi) is 5.74. The van der Waals surface area contributed by atoms with Gasteiger partial charge in [-0.2, -0.15) is 0 Å². The highest BCUT2D eigenvalue weighted by Crippen LogP contribution is 2.25. The number of carbonyl (C=O) groups excluding carboxylic acids is 1. The quantitative estimate of drug-likeness (QED) is 0.694. The van der Waals surface area contributed by atoms with Crippen LogP contribution < -0.4 is 10.0 Å². The number of benzene rings is 2. The van der Waals surface area contributed by atoms with Gasteiger partial charge in [-0.15, -0.1) is 0 Å². The molecule has 1 saturated carbocycles. The summed E-state index contributed by atoms with van der Waals surface area (Å²) in [6, 6.07) is 10.4. The monoisotopic (exact) mass is 440 g/mol. The Bertz CT molecular complexity index is 913. The van der Waals surface area contributed by atoms with Crippen LogP contribution in [0.1, 0.15) is 28.8 Å². The molecular weight excluding hydrogens is 423 g/mol. The maximum atomic E-state index is 12.9. The van der Waals surface area contributed by atoms with Crippen LogP contribution in [0.2, 0.25) is 0 Å². The molecule has 1 fully saturated rings. The molecule has 1 aliphatic rings. The Morgan fingerprint density at radius 1 is 1.15 bits per heavy atom. The first-order valence-electron chi connectivity index (χ1n) is 8.20. The van der Waals surface area contributed by atoms with E-state index in [0.29, 0.717) is 17.4 Å². The fraction of sp³-hybridized carbons (Fsp3) is 0.278. The molecule has 0 heterocycles. The lowest BCUT2D eigenvalue weighted by Crippen LogP contribution is -2.28. The van der Waals surface area contributed by atoms with Crippen molar-refractivity contribution in [3.05, 3.63) is 63.9 Å². The highest BCUT2D eigenvalue weighted by molar-refractivity contribution is 9.10. The van der Waals surface area contributed by atoms with E-state index in [2.05, 4.69) is 26.0 Å². The molecule has 0 aromatic heterocycles. The minimum absolute atomic E-state index is 0.00312. The molecule has 0 bridgehead atoms. The lowest BCUT2D eigenvalue weighted by Gasteiger charge is -2.10. The molecule has 2 N–H and O–H groups in total. The first kappa shape index (κ1) is 19.0. The van der Waals surface area contributed by atoms with Crippen LogP contribution in [0.15, 0.2) is 51.8 Å². The van der Waals surface area contributed by atoms with Gasteiger partial charge in [-0.3, -0.25) is 4.79 Å². The minimum Gasteiger partial charge on any atom is -0.352 e. The molecule has 26 heavy (non-hydrogen) atoms. The van der Waals surface area contributed by atoms with Gasteiger partial charge in [0.05, 0.1) is 10.5 Å². The molecule has 1 amide bonds. The molecule has 0 saturated heterocycles. The van der Waals surface area contributed by atoms with Crippen LogP contribution in [0.4, 0.5) is 4.39 Å². The summed E-state index contributed by atoms with van der Waals surface area (Å²) >= 11 is 3.29. The van der Waals surface area contributed by atoms with Crippen molar-refractivity contribution in [2.75, 3.05) is 6.54 Å². The van der Waals surface area contributed by atoms with Gasteiger partial charge in [0.15, 0.2) is 0 Å². The van der Waals surface area contributed by atoms with E-state index >= 15 is 0 Å². The minimum atomic E-state index is -3.62. The van der Waals surface area contributed by atoms with Gasteiger partial charge >= 0.3 is 0 Å². The zero-order chi connectivity index (χ0) is 18.7. The number of amides is 1. The van der Waals surface area contributed by atoms with Crippen LogP contribution in [-0.2, 0) is 16.4 Å². The van der Waals surface area contributed by atoms with Gasteiger partial charge in [0, 0.05) is 17.1 Å². The number of hydrogen-bond donors (Lipinski definition) is 2. The van der Waals surface area contributed by atoms with Crippen molar-refractivity contribution in [1.82, 2.24) is 10.0 Å². The van der Waals surface area contributed by atoms with Crippen molar-refractivity contribution in [2.24, 2.45) is 0 Å². The van der Waals surface area contributed by atoms with Gasteiger partial charge < -0.3 is 5.32 Å². The number of carbonyl (C=O) groups is 1. The summed E-state index contributed by atoms with van der Waals surface area (Å²) in [4.78, 5) is 12.5. The summed E-state index contributed by atoms with van der Waals surface area (Å²) in [6.07, 6.45) is 2.23. The van der Waals surface area contributed by atoms with Crippen molar-refractivity contribution < 1.29 is 17.6 Å². The molecule has 0 atom stereocenters. The van der Waals surface area contributed by atoms with E-state index in [-0.39, 0.29) is 28.2 Å². The summed E-state index contributed by atoms with van der Waals surface area (Å²) in [5.74, 6) is -0.679. The molecule has 2 aromatic rings. The molecule has 2 aromatic carbocycles. The topological polar surface area (TPSA) is 75.3 Å². The summed E-state index contributed by atoms with van der Waals surface area (Å²) in [7, 11) is -3.62. The fourth-order valence-electron chi connectivity index (χ4n) is 2.40. The standard InChI is InChI=1S/C18H18BrFN2O3S/c19-17-8-7-15(26(24,25)22-14-5-6-14)11-16(17)18(23)21-10-9-12-1-3-13(20)4-2-12/h1-4,7-8,11,14,22H,5-6,9-10H2,(H,21,23). The Morgan fingerprint density at radius 3 is 2.50 bits per heavy atom. The van der Waals surface area contributed by atoms with E-state index in [1.807, 2.05) is 0 Å². The van der Waals surface area contributed by atoms with Crippen molar-refractivity contribution >= 4 is 31.9 Å². The van der Waals surface area contributed by atoms with Crippen molar-refractivity contribution in [2.45, 2.75) is 30.2 Å². The molecule has 0 radical (unpaired) electrons. The summed E-state index contributed by atoms with van der Waals surface area (Å²) < 4.78 is 40.6. The second-order valence-electron chi connectivity index (χ2n) is 6.17. The second-order valence-corrected chi connectivity index (χ2v) is 8.74. The SMILES string of the molecule is O=C(NCCc1ccc(F)cc1)c1cc(S(=O)(=O)NC2CC2)ccc1Br. The lowest BCUT2D eigenvalue weighted by atomic mass is 10.1. The smallest absolute Gasteiger partial charge is 0.252 e. The van der Waals surface area contributed by atoms with Crippen LogP contribution in [0, 0.1) is 5.82 Å². The Balaban J connectivity index is 1.66. The van der Waals surface area contributed by atoms with Crippen LogP contribution in [0.5, 0.6) is 0 Å². The largest absolute Gasteiger partial charge is 0.352 e. The Labute approximate surface area is 160 Å². The molecule has 0 aliphatic heterocycles. The van der Waals surface area contributed by atoms with E-state index in [1.165, 1.54) is 24.3 Å². The third kappa shape index (κ3) is 4.90. The molecule has 8 heteroatoms. The van der Waals surface area contributed by atoms with Gasteiger partial charge in [0.25, 0.3) is 5.91 Å². The van der Waals surface area contributed by atoms with Gasteiger partial charge in [0.1, 0.15) is 5.82 Å². The third-order valence-electron chi connectivity index (χ3n) is 4.00. The molecular formula is C18H18BrFN2O3S. The van der Waals surface area contributed by atoms with Gasteiger partial charge in [-0.1, -0.05) is 12.1 Å². The second kappa shape index (κ2) is 7.85. The van der Waals surface area contributed by atoms with E-state index in [9.17, 15) is 17.6 Å². The molecule has 138 valence electrons. The summed E-state index contributed by atoms with van der Waals surface area (Å²) in [6.45, 7) is 0.355. The number of halogens is 2. The average Bonchev–Trinajstić information content (AvgIpc) is 3.40. The predicted octanol–water partition coefficient (Wildman–Crippen LogP) is 3.00. The highest BCUT2D eigenvalue weighted by atomic mass is 79.9. The van der Waals surface area contributed by atoms with Gasteiger partial charge in [-0.25, -0.2) is 17.5 Å². The molecule has 0 unspecified atom stereocenters. The predicted molar refractivity (Wildman–Crippen MR) is 99.9 cm³/mol. The fourth-order valence-corrected chi connectivity index (χ4v) is 4.16. The van der Waals surface area contributed by atoms with E-state index < -0.39 is 10.0 Å². The number of rotatable bonds is 7. The summed E-state index contributed by atoms with van der Waals surface area (Å²) in [5.41, 5.74) is 1.15. The van der Waals surface area contributed by atoms with Crippen molar-refractivity contribution in [1.29, 1.82) is 0 Å². The van der Waals surface area contributed by atoms with Crippen LogP contribution in [-0.4, -0.2) is 26.9 Å². The maximum Gasteiger partial charge on any atom is 0.252 e. The van der Waals surface area contributed by atoms with Gasteiger partial charge in [-0.05, 0) is 71.1 Å². The average molecular weight is 441 g/mol. The normalized spacial score (nSPS) is 14.2. The van der Waals surface area contributed by atoms with Gasteiger partial charge in [0.2, 0.25) is 10.0 Å². The molecule has 1 aliphatic carbocycles. The zero-order valence-corrected chi connectivity index (χ0v) is 16.2. The van der Waals surface area contributed by atoms with E-state index in [4.69, 9.17) is 0 Å². The summed E-state index contributed by atoms with van der Waals surface area (Å²) in [5, 5.41) is 2.76. The first-order valence-corrected chi connectivity index (χ1v) is 10.5. The Hall–Kier alpha value is -1.77. The molecule has 0 spiro atoms. The number of nitrogens with one attached hydrogen (secondary N) is 2. The number of sulfonamides is 1.